The Bertz CT molecular complexity index is 3010. The van der Waals surface area contributed by atoms with Crippen LogP contribution in [0.4, 0.5) is 0 Å². The van der Waals surface area contributed by atoms with E-state index in [0.717, 1.165) is 0 Å². The van der Waals surface area contributed by atoms with E-state index in [1.54, 1.807) is 0 Å². The first-order chi connectivity index (χ1) is 30.0. The molecule has 10 aromatic carbocycles. The summed E-state index contributed by atoms with van der Waals surface area (Å²) >= 11 is 0. The van der Waals surface area contributed by atoms with Gasteiger partial charge in [0.2, 0.25) is 0 Å². The van der Waals surface area contributed by atoms with Crippen LogP contribution in [-0.2, 0) is 10.8 Å². The van der Waals surface area contributed by atoms with Crippen molar-refractivity contribution in [2.75, 3.05) is 0 Å². The van der Waals surface area contributed by atoms with Crippen LogP contribution < -0.4 is 0 Å². The first kappa shape index (κ1) is 38.2. The van der Waals surface area contributed by atoms with Crippen LogP contribution in [0.2, 0.25) is 0 Å². The maximum atomic E-state index is 2.53. The highest BCUT2D eigenvalue weighted by molar-refractivity contribution is 6.14. The van der Waals surface area contributed by atoms with E-state index >= 15 is 0 Å². The smallest absolute Gasteiger partial charge is 0.0205 e. The molecule has 0 heteroatoms. The normalized spacial score (nSPS) is 15.3. The topological polar surface area (TPSA) is 0 Å². The molecule has 300 valence electrons. The zero-order chi connectivity index (χ0) is 42.3. The summed E-state index contributed by atoms with van der Waals surface area (Å²) in [5, 5.41) is 10.2. The average Bonchev–Trinajstić information content (AvgIpc) is 3.28. The molecule has 0 heterocycles. The number of rotatable bonds is 4. The van der Waals surface area contributed by atoms with Crippen LogP contribution in [0, 0.1) is 0 Å². The number of benzene rings is 10. The number of hydrogen-bond acceptors (Lipinski definition) is 0. The molecule has 0 nitrogen and oxygen atoms in total. The summed E-state index contributed by atoms with van der Waals surface area (Å²) in [4.78, 5) is 0. The van der Waals surface area contributed by atoms with Crippen LogP contribution in [0.3, 0.4) is 0 Å². The van der Waals surface area contributed by atoms with Crippen molar-refractivity contribution in [2.45, 2.75) is 64.2 Å². The minimum absolute atomic E-state index is 0.0656. The van der Waals surface area contributed by atoms with Gasteiger partial charge in [0.05, 0.1) is 0 Å². The van der Waals surface area contributed by atoms with Gasteiger partial charge in [0.25, 0.3) is 0 Å². The lowest BCUT2D eigenvalue weighted by molar-refractivity contribution is 0.587. The van der Waals surface area contributed by atoms with Gasteiger partial charge in [-0.25, -0.2) is 0 Å². The molecule has 2 unspecified atom stereocenters. The molecule has 62 heavy (non-hydrogen) atoms. The molecule has 0 aliphatic heterocycles. The van der Waals surface area contributed by atoms with Crippen LogP contribution >= 0.6 is 0 Å². The molecule has 1 aliphatic rings. The maximum absolute atomic E-state index is 2.53. The van der Waals surface area contributed by atoms with Crippen LogP contribution in [0.1, 0.15) is 86.8 Å². The van der Waals surface area contributed by atoms with Crippen molar-refractivity contribution in [1.29, 1.82) is 0 Å². The molecule has 11 rings (SSSR count). The Balaban J connectivity index is 1.22. The predicted molar refractivity (Wildman–Crippen MR) is 267 cm³/mol. The van der Waals surface area contributed by atoms with Crippen molar-refractivity contribution in [3.05, 3.63) is 228 Å². The van der Waals surface area contributed by atoms with E-state index in [1.807, 2.05) is 0 Å². The van der Waals surface area contributed by atoms with Crippen LogP contribution in [0.25, 0.3) is 76.5 Å². The third-order valence-corrected chi connectivity index (χ3v) is 13.8. The zero-order valence-corrected chi connectivity index (χ0v) is 36.6. The Morgan fingerprint density at radius 3 is 0.919 bits per heavy atom. The number of fused-ring (bicyclic) bond motifs is 7. The maximum Gasteiger partial charge on any atom is 0.0205 e. The Kier molecular flexibility index (Phi) is 8.88. The molecule has 10 aromatic rings. The van der Waals surface area contributed by atoms with Gasteiger partial charge in [0.15, 0.2) is 0 Å². The van der Waals surface area contributed by atoms with E-state index in [0.29, 0.717) is 0 Å². The predicted octanol–water partition coefficient (Wildman–Crippen LogP) is 17.2. The summed E-state index contributed by atoms with van der Waals surface area (Å²) in [7, 11) is 0. The van der Waals surface area contributed by atoms with Crippen LogP contribution in [0.5, 0.6) is 0 Å². The lowest BCUT2D eigenvalue weighted by Gasteiger charge is -2.38. The minimum Gasteiger partial charge on any atom is -0.0616 e. The van der Waals surface area contributed by atoms with Crippen molar-refractivity contribution in [1.82, 2.24) is 0 Å². The molecule has 0 fully saturated rings. The molecule has 0 aromatic heterocycles. The van der Waals surface area contributed by atoms with Gasteiger partial charge in [-0.3, -0.25) is 0 Å². The molecule has 0 spiro atoms. The second-order valence-electron chi connectivity index (χ2n) is 19.7. The summed E-state index contributed by atoms with van der Waals surface area (Å²) in [6.45, 7) is 13.9. The molecule has 0 radical (unpaired) electrons. The Morgan fingerprint density at radius 1 is 0.306 bits per heavy atom. The fraction of sp³-hybridized carbons (Fsp3) is 0.161. The Morgan fingerprint density at radius 2 is 0.613 bits per heavy atom. The first-order valence-electron chi connectivity index (χ1n) is 22.3. The van der Waals surface area contributed by atoms with E-state index in [4.69, 9.17) is 0 Å². The fourth-order valence-electron chi connectivity index (χ4n) is 10.6. The lowest BCUT2D eigenvalue weighted by Crippen LogP contribution is -2.21. The van der Waals surface area contributed by atoms with E-state index in [1.165, 1.54) is 110 Å². The first-order valence-corrected chi connectivity index (χ1v) is 22.3. The Labute approximate surface area is 366 Å². The third kappa shape index (κ3) is 6.35. The summed E-state index contributed by atoms with van der Waals surface area (Å²) in [5.41, 5.74) is 16.0. The van der Waals surface area contributed by atoms with E-state index in [9.17, 15) is 0 Å². The SMILES string of the molecule is CC(C)(C)c1ccc(C2c3ccc(-c4c5ccccc5cc5ccccc45)cc3-c3cc(-c4c5ccccc5cc5ccccc45)ccc3C2c2ccc(C(C)(C)C)cc2)cc1. The molecular formula is C62H52. The largest absolute Gasteiger partial charge is 0.0616 e. The van der Waals surface area contributed by atoms with Crippen LogP contribution in [-0.4, -0.2) is 0 Å². The monoisotopic (exact) mass is 796 g/mol. The highest BCUT2D eigenvalue weighted by Crippen LogP contribution is 2.55. The van der Waals surface area contributed by atoms with Gasteiger partial charge in [0, 0.05) is 11.8 Å². The second-order valence-corrected chi connectivity index (χ2v) is 19.7. The van der Waals surface area contributed by atoms with Gasteiger partial charge in [-0.15, -0.1) is 0 Å². The molecule has 0 saturated heterocycles. The highest BCUT2D eigenvalue weighted by atomic mass is 14.4. The zero-order valence-electron chi connectivity index (χ0n) is 36.6. The standard InChI is InChI=1S/C62H52/c1-61(2,3)47-29-23-39(24-30-47)59-53-33-27-45(57-49-19-11-7-15-41(49)35-42-16-8-12-20-50(42)57)37-55(53)56-38-46(28-34-54(56)60(59)40-25-31-48(32-26-40)62(4,5)6)58-51-21-13-9-17-43(51)36-44-18-10-14-22-52(44)58/h7-38,59-60H,1-6H3. The van der Waals surface area contributed by atoms with Crippen molar-refractivity contribution < 1.29 is 0 Å². The van der Waals surface area contributed by atoms with E-state index in [-0.39, 0.29) is 22.7 Å². The molecule has 1 aliphatic carbocycles. The molecule has 0 amide bonds. The minimum atomic E-state index is 0.0656. The highest BCUT2D eigenvalue weighted by Gasteiger charge is 2.37. The van der Waals surface area contributed by atoms with Gasteiger partial charge in [-0.2, -0.15) is 0 Å². The molecule has 2 atom stereocenters. The van der Waals surface area contributed by atoms with Gasteiger partial charge in [-0.1, -0.05) is 211 Å². The fourth-order valence-corrected chi connectivity index (χ4v) is 10.6. The van der Waals surface area contributed by atoms with E-state index in [2.05, 4.69) is 236 Å². The molecule has 0 N–H and O–H groups in total. The van der Waals surface area contributed by atoms with Crippen molar-refractivity contribution in [3.8, 4) is 33.4 Å². The van der Waals surface area contributed by atoms with Gasteiger partial charge in [-0.05, 0) is 145 Å². The van der Waals surface area contributed by atoms with Crippen LogP contribution in [0.15, 0.2) is 194 Å². The molecule has 0 saturated carbocycles. The van der Waals surface area contributed by atoms with Crippen molar-refractivity contribution in [3.63, 3.8) is 0 Å². The third-order valence-electron chi connectivity index (χ3n) is 13.8. The van der Waals surface area contributed by atoms with Crippen molar-refractivity contribution in [2.24, 2.45) is 0 Å². The van der Waals surface area contributed by atoms with Gasteiger partial charge < -0.3 is 0 Å². The summed E-state index contributed by atoms with van der Waals surface area (Å²) in [6.07, 6.45) is 0. The summed E-state index contributed by atoms with van der Waals surface area (Å²) < 4.78 is 0. The lowest BCUT2D eigenvalue weighted by atomic mass is 9.65. The molecule has 0 bridgehead atoms. The van der Waals surface area contributed by atoms with Crippen molar-refractivity contribution >= 4 is 43.1 Å². The summed E-state index contributed by atoms with van der Waals surface area (Å²) in [6, 6.07) is 74.2. The molecular weight excluding hydrogens is 745 g/mol. The number of hydrogen-bond donors (Lipinski definition) is 0. The second kappa shape index (κ2) is 14.4. The summed E-state index contributed by atoms with van der Waals surface area (Å²) in [5.74, 6) is 0.212. The van der Waals surface area contributed by atoms with E-state index < -0.39 is 0 Å². The Hall–Kier alpha value is -6.76. The van der Waals surface area contributed by atoms with Gasteiger partial charge in [0.1, 0.15) is 0 Å². The average molecular weight is 797 g/mol. The van der Waals surface area contributed by atoms with Gasteiger partial charge >= 0.3 is 0 Å². The quantitative estimate of drug-likeness (QED) is 0.156.